The van der Waals surface area contributed by atoms with Crippen LogP contribution in [0.15, 0.2) is 60.7 Å². The van der Waals surface area contributed by atoms with Crippen molar-refractivity contribution in [2.75, 3.05) is 6.61 Å². The maximum atomic E-state index is 11.8. The SMILES string of the molecule is CC(C)(C)C(O[SiH](c1ccccc1)c1ccccc1)[C@@H]1CCOC(=O)N1. The van der Waals surface area contributed by atoms with Crippen molar-refractivity contribution in [3.63, 3.8) is 0 Å². The second-order valence-corrected chi connectivity index (χ2v) is 10.2. The number of ether oxygens (including phenoxy) is 1. The first-order valence-electron chi connectivity index (χ1n) is 9.14. The molecule has 5 heteroatoms. The Hall–Kier alpha value is -2.11. The van der Waals surface area contributed by atoms with E-state index < -0.39 is 9.04 Å². The van der Waals surface area contributed by atoms with Crippen LogP contribution in [0.4, 0.5) is 4.79 Å². The largest absolute Gasteiger partial charge is 0.449 e. The molecule has 1 unspecified atom stereocenters. The molecule has 1 heterocycles. The van der Waals surface area contributed by atoms with Crippen molar-refractivity contribution in [3.05, 3.63) is 60.7 Å². The van der Waals surface area contributed by atoms with Crippen LogP contribution >= 0.6 is 0 Å². The van der Waals surface area contributed by atoms with E-state index in [1.165, 1.54) is 10.4 Å². The molecule has 4 nitrogen and oxygen atoms in total. The van der Waals surface area contributed by atoms with Crippen LogP contribution in [0.2, 0.25) is 0 Å². The minimum atomic E-state index is -1.89. The van der Waals surface area contributed by atoms with Crippen molar-refractivity contribution in [2.24, 2.45) is 5.41 Å². The molecule has 1 fully saturated rings. The fourth-order valence-electron chi connectivity index (χ4n) is 3.43. The van der Waals surface area contributed by atoms with Gasteiger partial charge in [-0.05, 0) is 15.8 Å². The van der Waals surface area contributed by atoms with E-state index in [0.29, 0.717) is 6.61 Å². The molecule has 1 aliphatic rings. The summed E-state index contributed by atoms with van der Waals surface area (Å²) in [4.78, 5) is 11.8. The van der Waals surface area contributed by atoms with E-state index in [4.69, 9.17) is 9.16 Å². The van der Waals surface area contributed by atoms with E-state index in [1.807, 2.05) is 12.1 Å². The molecule has 3 rings (SSSR count). The Labute approximate surface area is 157 Å². The number of hydrogen-bond acceptors (Lipinski definition) is 3. The minimum Gasteiger partial charge on any atom is -0.449 e. The van der Waals surface area contributed by atoms with Crippen molar-refractivity contribution >= 4 is 25.5 Å². The van der Waals surface area contributed by atoms with Crippen LogP contribution in [0.3, 0.4) is 0 Å². The normalized spacial score (nSPS) is 18.9. The predicted octanol–water partition coefficient (Wildman–Crippen LogP) is 2.45. The van der Waals surface area contributed by atoms with E-state index in [1.54, 1.807) is 0 Å². The van der Waals surface area contributed by atoms with Crippen LogP contribution in [0.5, 0.6) is 0 Å². The highest BCUT2D eigenvalue weighted by Crippen LogP contribution is 2.28. The molecule has 0 radical (unpaired) electrons. The molecular formula is C21H27NO3Si. The van der Waals surface area contributed by atoms with Crippen molar-refractivity contribution in [1.82, 2.24) is 5.32 Å². The Balaban J connectivity index is 1.93. The second-order valence-electron chi connectivity index (χ2n) is 7.80. The Kier molecular flexibility index (Phi) is 5.79. The number of cyclic esters (lactones) is 1. The van der Waals surface area contributed by atoms with Gasteiger partial charge in [0.1, 0.15) is 0 Å². The molecule has 1 N–H and O–H groups in total. The molecule has 0 aliphatic carbocycles. The lowest BCUT2D eigenvalue weighted by atomic mass is 9.83. The highest BCUT2D eigenvalue weighted by molar-refractivity contribution is 6.80. The summed E-state index contributed by atoms with van der Waals surface area (Å²) in [6, 6.07) is 20.8. The second kappa shape index (κ2) is 8.06. The summed E-state index contributed by atoms with van der Waals surface area (Å²) < 4.78 is 11.9. The quantitative estimate of drug-likeness (QED) is 0.824. The molecule has 0 saturated carbocycles. The fraction of sp³-hybridized carbons (Fsp3) is 0.381. The van der Waals surface area contributed by atoms with Gasteiger partial charge in [-0.3, -0.25) is 0 Å². The molecule has 1 aliphatic heterocycles. The van der Waals surface area contributed by atoms with Crippen LogP contribution in [0, 0.1) is 5.41 Å². The van der Waals surface area contributed by atoms with E-state index in [2.05, 4.69) is 74.6 Å². The van der Waals surface area contributed by atoms with E-state index in [9.17, 15) is 4.79 Å². The number of benzene rings is 2. The van der Waals surface area contributed by atoms with Gasteiger partial charge in [0.15, 0.2) is 0 Å². The summed E-state index contributed by atoms with van der Waals surface area (Å²) in [5, 5.41) is 5.45. The molecule has 0 bridgehead atoms. The predicted molar refractivity (Wildman–Crippen MR) is 107 cm³/mol. The summed E-state index contributed by atoms with van der Waals surface area (Å²) in [6.45, 7) is 6.94. The van der Waals surface area contributed by atoms with Crippen molar-refractivity contribution in [2.45, 2.75) is 39.3 Å². The molecule has 2 aromatic carbocycles. The van der Waals surface area contributed by atoms with Gasteiger partial charge < -0.3 is 14.5 Å². The lowest BCUT2D eigenvalue weighted by Gasteiger charge is -2.41. The number of amides is 1. The van der Waals surface area contributed by atoms with Crippen LogP contribution in [-0.2, 0) is 9.16 Å². The first-order valence-corrected chi connectivity index (χ1v) is 10.8. The van der Waals surface area contributed by atoms with Crippen LogP contribution in [0.1, 0.15) is 27.2 Å². The highest BCUT2D eigenvalue weighted by Gasteiger charge is 2.38. The number of alkyl carbamates (subject to hydrolysis) is 1. The number of hydrogen-bond donors (Lipinski definition) is 1. The third kappa shape index (κ3) is 4.53. The maximum Gasteiger partial charge on any atom is 0.407 e. The summed E-state index contributed by atoms with van der Waals surface area (Å²) in [7, 11) is -1.89. The minimum absolute atomic E-state index is 0.0429. The molecule has 2 aromatic rings. The molecule has 0 aromatic heterocycles. The molecule has 0 spiro atoms. The topological polar surface area (TPSA) is 47.6 Å². The fourth-order valence-corrected chi connectivity index (χ4v) is 6.16. The number of carbonyl (C=O) groups is 1. The van der Waals surface area contributed by atoms with Crippen molar-refractivity contribution in [3.8, 4) is 0 Å². The standard InChI is InChI=1S/C21H27NO3Si/c1-21(2,3)19(18-14-15-24-20(23)22-18)25-26(16-10-6-4-7-11-16)17-12-8-5-9-13-17/h4-13,18-19,26H,14-15H2,1-3H3,(H,22,23)/t18-,19?/m0/s1. The average Bonchev–Trinajstić information content (AvgIpc) is 2.63. The van der Waals surface area contributed by atoms with E-state index >= 15 is 0 Å². The summed E-state index contributed by atoms with van der Waals surface area (Å²) >= 11 is 0. The Morgan fingerprint density at radius 2 is 1.58 bits per heavy atom. The van der Waals surface area contributed by atoms with Crippen LogP contribution < -0.4 is 15.7 Å². The highest BCUT2D eigenvalue weighted by atomic mass is 28.3. The Morgan fingerprint density at radius 1 is 1.04 bits per heavy atom. The third-order valence-corrected chi connectivity index (χ3v) is 7.22. The Bertz CT molecular complexity index is 676. The zero-order valence-corrected chi connectivity index (χ0v) is 16.8. The first kappa shape index (κ1) is 18.7. The molecule has 1 saturated heterocycles. The van der Waals surface area contributed by atoms with E-state index in [0.717, 1.165) is 6.42 Å². The zero-order chi connectivity index (χ0) is 18.6. The molecule has 1 amide bonds. The zero-order valence-electron chi connectivity index (χ0n) is 15.6. The van der Waals surface area contributed by atoms with Crippen molar-refractivity contribution in [1.29, 1.82) is 0 Å². The van der Waals surface area contributed by atoms with Gasteiger partial charge in [0.25, 0.3) is 0 Å². The molecule has 2 atom stereocenters. The van der Waals surface area contributed by atoms with E-state index in [-0.39, 0.29) is 23.7 Å². The van der Waals surface area contributed by atoms with Crippen LogP contribution in [-0.4, -0.2) is 33.9 Å². The van der Waals surface area contributed by atoms with Gasteiger partial charge in [-0.15, -0.1) is 0 Å². The van der Waals surface area contributed by atoms with Gasteiger partial charge in [0.2, 0.25) is 9.04 Å². The smallest absolute Gasteiger partial charge is 0.407 e. The maximum absolute atomic E-state index is 11.8. The molecule has 26 heavy (non-hydrogen) atoms. The third-order valence-electron chi connectivity index (χ3n) is 4.67. The molecule has 138 valence electrons. The first-order chi connectivity index (χ1) is 12.4. The lowest BCUT2D eigenvalue weighted by molar-refractivity contribution is 0.0235. The monoisotopic (exact) mass is 369 g/mol. The van der Waals surface area contributed by atoms with Gasteiger partial charge in [-0.1, -0.05) is 81.4 Å². The summed E-state index contributed by atoms with van der Waals surface area (Å²) in [5.41, 5.74) is -0.107. The number of nitrogens with one attached hydrogen (secondary N) is 1. The summed E-state index contributed by atoms with van der Waals surface area (Å²) in [6.07, 6.45) is 0.322. The lowest BCUT2D eigenvalue weighted by Crippen LogP contribution is -2.58. The number of rotatable bonds is 5. The van der Waals surface area contributed by atoms with Gasteiger partial charge in [0, 0.05) is 6.42 Å². The van der Waals surface area contributed by atoms with Gasteiger partial charge in [0.05, 0.1) is 18.8 Å². The van der Waals surface area contributed by atoms with Gasteiger partial charge in [-0.25, -0.2) is 4.79 Å². The molecular weight excluding hydrogens is 342 g/mol. The van der Waals surface area contributed by atoms with Crippen molar-refractivity contribution < 1.29 is 14.0 Å². The number of carbonyl (C=O) groups excluding carboxylic acids is 1. The average molecular weight is 370 g/mol. The van der Waals surface area contributed by atoms with Crippen LogP contribution in [0.25, 0.3) is 0 Å². The Morgan fingerprint density at radius 3 is 2.04 bits per heavy atom. The van der Waals surface area contributed by atoms with Gasteiger partial charge >= 0.3 is 6.09 Å². The van der Waals surface area contributed by atoms with Gasteiger partial charge in [-0.2, -0.15) is 0 Å². The summed E-state index contributed by atoms with van der Waals surface area (Å²) in [5.74, 6) is 0.